The molecule has 17 heavy (non-hydrogen) atoms. The van der Waals surface area contributed by atoms with Crippen molar-refractivity contribution in [1.82, 2.24) is 19.4 Å². The zero-order chi connectivity index (χ0) is 12.6. The molecule has 0 saturated heterocycles. The molecule has 0 aliphatic carbocycles. The summed E-state index contributed by atoms with van der Waals surface area (Å²) in [5.41, 5.74) is 1.74. The van der Waals surface area contributed by atoms with Crippen LogP contribution in [0.2, 0.25) is 5.02 Å². The van der Waals surface area contributed by atoms with Gasteiger partial charge in [0.05, 0.1) is 10.5 Å². The molecular weight excluding hydrogens is 256 g/mol. The number of halogens is 1. The Morgan fingerprint density at radius 1 is 1.59 bits per heavy atom. The minimum Gasteiger partial charge on any atom is -0.329 e. The number of imidazole rings is 1. The summed E-state index contributed by atoms with van der Waals surface area (Å²) in [6.45, 7) is 3.03. The molecule has 0 spiro atoms. The Morgan fingerprint density at radius 3 is 2.94 bits per heavy atom. The zero-order valence-corrected chi connectivity index (χ0v) is 11.6. The molecule has 92 valence electrons. The van der Waals surface area contributed by atoms with Gasteiger partial charge in [-0.2, -0.15) is 0 Å². The lowest BCUT2D eigenvalue weighted by molar-refractivity contribution is 0.338. The van der Waals surface area contributed by atoms with Gasteiger partial charge in [0.25, 0.3) is 0 Å². The number of aromatic amines is 1. The van der Waals surface area contributed by atoms with Crippen molar-refractivity contribution in [2.45, 2.75) is 13.0 Å². The Kier molecular flexibility index (Phi) is 3.51. The van der Waals surface area contributed by atoms with E-state index in [1.54, 1.807) is 6.20 Å². The topological polar surface area (TPSA) is 36.9 Å². The van der Waals surface area contributed by atoms with E-state index in [0.29, 0.717) is 9.79 Å². The maximum atomic E-state index is 5.91. The summed E-state index contributed by atoms with van der Waals surface area (Å²) >= 11 is 11.2. The molecule has 0 aromatic carbocycles. The number of fused-ring (bicyclic) bond motifs is 1. The van der Waals surface area contributed by atoms with Crippen LogP contribution in [0.5, 0.6) is 0 Å². The van der Waals surface area contributed by atoms with Crippen molar-refractivity contribution >= 4 is 35.0 Å². The van der Waals surface area contributed by atoms with Gasteiger partial charge in [0.1, 0.15) is 0 Å². The molecule has 2 aromatic rings. The fourth-order valence-electron chi connectivity index (χ4n) is 2.01. The molecule has 2 rings (SSSR count). The first kappa shape index (κ1) is 12.5. The largest absolute Gasteiger partial charge is 0.329 e. The highest BCUT2D eigenvalue weighted by Crippen LogP contribution is 2.20. The van der Waals surface area contributed by atoms with Crippen molar-refractivity contribution in [3.05, 3.63) is 22.1 Å². The van der Waals surface area contributed by atoms with E-state index in [-0.39, 0.29) is 6.04 Å². The third-order valence-corrected chi connectivity index (χ3v) is 3.10. The molecule has 2 aromatic heterocycles. The second-order valence-corrected chi connectivity index (χ2v) is 5.26. The van der Waals surface area contributed by atoms with Crippen molar-refractivity contribution in [3.8, 4) is 0 Å². The van der Waals surface area contributed by atoms with Crippen LogP contribution in [0.3, 0.4) is 0 Å². The molecule has 0 fully saturated rings. The Balaban J connectivity index is 2.53. The van der Waals surface area contributed by atoms with Crippen molar-refractivity contribution in [2.24, 2.45) is 0 Å². The summed E-state index contributed by atoms with van der Waals surface area (Å²) in [5.74, 6) is 0. The van der Waals surface area contributed by atoms with E-state index in [1.165, 1.54) is 0 Å². The molecule has 0 radical (unpaired) electrons. The predicted molar refractivity (Wildman–Crippen MR) is 73.2 cm³/mol. The Hall–Kier alpha value is -0.910. The molecule has 1 N–H and O–H groups in total. The molecule has 0 aliphatic heterocycles. The van der Waals surface area contributed by atoms with E-state index in [2.05, 4.69) is 21.8 Å². The third-order valence-electron chi connectivity index (χ3n) is 2.59. The van der Waals surface area contributed by atoms with E-state index in [9.17, 15) is 0 Å². The van der Waals surface area contributed by atoms with Gasteiger partial charge in [0.15, 0.2) is 10.4 Å². The van der Waals surface area contributed by atoms with Gasteiger partial charge >= 0.3 is 0 Å². The van der Waals surface area contributed by atoms with Crippen molar-refractivity contribution in [1.29, 1.82) is 0 Å². The molecule has 2 heterocycles. The molecule has 0 amide bonds. The van der Waals surface area contributed by atoms with Gasteiger partial charge in [-0.15, -0.1) is 0 Å². The highest BCUT2D eigenvalue weighted by molar-refractivity contribution is 7.71. The molecule has 1 unspecified atom stereocenters. The molecule has 4 nitrogen and oxygen atoms in total. The van der Waals surface area contributed by atoms with Crippen LogP contribution < -0.4 is 0 Å². The normalized spacial score (nSPS) is 13.5. The highest BCUT2D eigenvalue weighted by atomic mass is 35.5. The maximum absolute atomic E-state index is 5.91. The Morgan fingerprint density at radius 2 is 2.29 bits per heavy atom. The number of nitrogens with zero attached hydrogens (tertiary/aromatic N) is 3. The van der Waals surface area contributed by atoms with Crippen molar-refractivity contribution in [3.63, 3.8) is 0 Å². The number of hydrogen-bond donors (Lipinski definition) is 1. The smallest absolute Gasteiger partial charge is 0.179 e. The Bertz CT molecular complexity index is 587. The summed E-state index contributed by atoms with van der Waals surface area (Å²) in [5, 5.41) is 0.612. The van der Waals surface area contributed by atoms with Crippen LogP contribution >= 0.6 is 23.8 Å². The number of pyridine rings is 1. The van der Waals surface area contributed by atoms with Gasteiger partial charge in [-0.05, 0) is 39.3 Å². The molecule has 0 bridgehead atoms. The van der Waals surface area contributed by atoms with Crippen LogP contribution in [0, 0.1) is 4.77 Å². The van der Waals surface area contributed by atoms with Crippen molar-refractivity contribution < 1.29 is 0 Å². The molecule has 6 heteroatoms. The van der Waals surface area contributed by atoms with Crippen LogP contribution in [0.1, 0.15) is 13.0 Å². The second kappa shape index (κ2) is 4.76. The molecule has 0 aliphatic rings. The maximum Gasteiger partial charge on any atom is 0.179 e. The lowest BCUT2D eigenvalue weighted by Crippen LogP contribution is -2.22. The Labute approximate surface area is 110 Å². The number of hydrogen-bond acceptors (Lipinski definition) is 3. The lowest BCUT2D eigenvalue weighted by atomic mass is 10.3. The first-order chi connectivity index (χ1) is 7.99. The molecule has 0 saturated carbocycles. The minimum atomic E-state index is 0.264. The first-order valence-electron chi connectivity index (χ1n) is 5.39. The van der Waals surface area contributed by atoms with Crippen LogP contribution in [0.25, 0.3) is 11.2 Å². The van der Waals surface area contributed by atoms with Gasteiger partial charge in [0.2, 0.25) is 0 Å². The quantitative estimate of drug-likeness (QED) is 0.872. The SMILES string of the molecule is CC(CN(C)C)n1c(=S)[nH]c2cc(Cl)cnc21. The standard InChI is InChI=1S/C11H15ClN4S/c1-7(6-15(2)3)16-10-9(14-11(16)17)4-8(12)5-13-10/h4-5,7H,6H2,1-3H3,(H,14,17). The summed E-state index contributed by atoms with van der Waals surface area (Å²) < 4.78 is 2.71. The van der Waals surface area contributed by atoms with Gasteiger partial charge in [-0.25, -0.2) is 4.98 Å². The third kappa shape index (κ3) is 2.51. The van der Waals surface area contributed by atoms with Gasteiger partial charge in [0, 0.05) is 18.8 Å². The highest BCUT2D eigenvalue weighted by Gasteiger charge is 2.13. The summed E-state index contributed by atoms with van der Waals surface area (Å²) in [6, 6.07) is 2.11. The van der Waals surface area contributed by atoms with Gasteiger partial charge in [-0.1, -0.05) is 11.6 Å². The monoisotopic (exact) mass is 270 g/mol. The minimum absolute atomic E-state index is 0.264. The fraction of sp³-hybridized carbons (Fsp3) is 0.455. The van der Waals surface area contributed by atoms with Gasteiger partial charge in [-0.3, -0.25) is 4.57 Å². The number of rotatable bonds is 3. The van der Waals surface area contributed by atoms with E-state index in [1.807, 2.05) is 24.7 Å². The number of nitrogens with one attached hydrogen (secondary N) is 1. The first-order valence-corrected chi connectivity index (χ1v) is 6.18. The fourth-order valence-corrected chi connectivity index (χ4v) is 2.54. The number of aromatic nitrogens is 3. The lowest BCUT2D eigenvalue weighted by Gasteiger charge is -2.18. The van der Waals surface area contributed by atoms with Crippen LogP contribution in [0.15, 0.2) is 12.3 Å². The van der Waals surface area contributed by atoms with Crippen LogP contribution in [-0.2, 0) is 0 Å². The summed E-state index contributed by atoms with van der Waals surface area (Å²) in [7, 11) is 4.08. The van der Waals surface area contributed by atoms with Crippen LogP contribution in [-0.4, -0.2) is 40.1 Å². The summed E-state index contributed by atoms with van der Waals surface area (Å²) in [4.78, 5) is 9.60. The van der Waals surface area contributed by atoms with Crippen molar-refractivity contribution in [2.75, 3.05) is 20.6 Å². The predicted octanol–water partition coefficient (Wildman–Crippen LogP) is 2.87. The molecule has 1 atom stereocenters. The average molecular weight is 271 g/mol. The molecular formula is C11H15ClN4S. The second-order valence-electron chi connectivity index (χ2n) is 4.44. The van der Waals surface area contributed by atoms with E-state index >= 15 is 0 Å². The van der Waals surface area contributed by atoms with Crippen LogP contribution in [0.4, 0.5) is 0 Å². The van der Waals surface area contributed by atoms with E-state index in [0.717, 1.165) is 17.7 Å². The zero-order valence-electron chi connectivity index (χ0n) is 10.1. The summed E-state index contributed by atoms with van der Waals surface area (Å²) in [6.07, 6.45) is 1.64. The van der Waals surface area contributed by atoms with E-state index < -0.39 is 0 Å². The average Bonchev–Trinajstić information content (AvgIpc) is 2.51. The van der Waals surface area contributed by atoms with Gasteiger partial charge < -0.3 is 9.88 Å². The number of H-pyrrole nitrogens is 1. The number of likely N-dealkylation sites (N-methyl/N-ethyl adjacent to an activating group) is 1. The van der Waals surface area contributed by atoms with E-state index in [4.69, 9.17) is 23.8 Å².